The van der Waals surface area contributed by atoms with Crippen molar-refractivity contribution in [2.45, 2.75) is 20.1 Å². The molecule has 0 radical (unpaired) electrons. The van der Waals surface area contributed by atoms with E-state index in [2.05, 4.69) is 15.0 Å². The zero-order chi connectivity index (χ0) is 21.0. The minimum Gasteiger partial charge on any atom is -0.433 e. The van der Waals surface area contributed by atoms with Gasteiger partial charge in [-0.2, -0.15) is 8.78 Å². The maximum Gasteiger partial charge on any atom is 0.387 e. The van der Waals surface area contributed by atoms with Crippen molar-refractivity contribution in [1.82, 2.24) is 9.80 Å². The fraction of sp³-hybridized carbons (Fsp3) is 0.350. The van der Waals surface area contributed by atoms with Gasteiger partial charge in [0.1, 0.15) is 11.6 Å². The molecule has 1 fully saturated rings. The third kappa shape index (κ3) is 5.98. The molecule has 0 bridgehead atoms. The summed E-state index contributed by atoms with van der Waals surface area (Å²) in [6.07, 6.45) is 0. The van der Waals surface area contributed by atoms with E-state index in [-0.39, 0.29) is 11.6 Å². The van der Waals surface area contributed by atoms with Crippen molar-refractivity contribution in [2.24, 2.45) is 0 Å². The Bertz CT molecular complexity index is 876. The van der Waals surface area contributed by atoms with E-state index in [1.165, 1.54) is 18.2 Å². The summed E-state index contributed by atoms with van der Waals surface area (Å²) in [4.78, 5) is 4.18. The summed E-state index contributed by atoms with van der Waals surface area (Å²) >= 11 is 11.6. The smallest absolute Gasteiger partial charge is 0.387 e. The number of aryl methyl sites for hydroxylation is 1. The van der Waals surface area contributed by atoms with Crippen LogP contribution >= 0.6 is 23.8 Å². The van der Waals surface area contributed by atoms with Crippen LogP contribution in [0.25, 0.3) is 0 Å². The number of halogens is 4. The van der Waals surface area contributed by atoms with Gasteiger partial charge in [-0.05, 0) is 54.5 Å². The van der Waals surface area contributed by atoms with E-state index in [4.69, 9.17) is 23.8 Å². The lowest BCUT2D eigenvalue weighted by molar-refractivity contribution is -0.0493. The summed E-state index contributed by atoms with van der Waals surface area (Å²) in [5.41, 5.74) is 2.18. The molecule has 1 N–H and O–H groups in total. The van der Waals surface area contributed by atoms with Gasteiger partial charge < -0.3 is 15.0 Å². The summed E-state index contributed by atoms with van der Waals surface area (Å²) in [5.74, 6) is -0.302. The van der Waals surface area contributed by atoms with Crippen LogP contribution < -0.4 is 10.1 Å². The van der Waals surface area contributed by atoms with Crippen LogP contribution in [0.15, 0.2) is 36.4 Å². The van der Waals surface area contributed by atoms with Gasteiger partial charge in [0.15, 0.2) is 5.11 Å². The van der Waals surface area contributed by atoms with Crippen LogP contribution in [0.5, 0.6) is 5.75 Å². The van der Waals surface area contributed by atoms with Crippen LogP contribution in [0.2, 0.25) is 5.02 Å². The molecule has 9 heteroatoms. The number of hydrogen-bond acceptors (Lipinski definition) is 3. The molecule has 1 aliphatic rings. The monoisotopic (exact) mass is 443 g/mol. The summed E-state index contributed by atoms with van der Waals surface area (Å²) in [6.45, 7) is 2.39. The summed E-state index contributed by atoms with van der Waals surface area (Å²) in [7, 11) is 0. The molecule has 0 saturated carbocycles. The number of alkyl halides is 2. The van der Waals surface area contributed by atoms with Gasteiger partial charge in [0, 0.05) is 37.7 Å². The second-order valence-electron chi connectivity index (χ2n) is 6.81. The topological polar surface area (TPSA) is 27.7 Å². The van der Waals surface area contributed by atoms with E-state index in [9.17, 15) is 13.2 Å². The number of thiocarbonyl (C=S) groups is 1. The number of ether oxygens (including phenoxy) is 1. The van der Waals surface area contributed by atoms with E-state index in [0.29, 0.717) is 35.5 Å². The lowest BCUT2D eigenvalue weighted by atomic mass is 10.2. The van der Waals surface area contributed by atoms with E-state index in [1.807, 2.05) is 11.8 Å². The molecule has 0 atom stereocenters. The molecule has 0 unspecified atom stereocenters. The Kier molecular flexibility index (Phi) is 7.21. The normalized spacial score (nSPS) is 14.9. The van der Waals surface area contributed by atoms with E-state index < -0.39 is 6.61 Å². The van der Waals surface area contributed by atoms with Gasteiger partial charge in [0.05, 0.1) is 5.69 Å². The van der Waals surface area contributed by atoms with Gasteiger partial charge in [0.25, 0.3) is 0 Å². The van der Waals surface area contributed by atoms with Crippen molar-refractivity contribution in [2.75, 3.05) is 31.5 Å². The molecule has 0 amide bonds. The van der Waals surface area contributed by atoms with Crippen molar-refractivity contribution < 1.29 is 17.9 Å². The highest BCUT2D eigenvalue weighted by Crippen LogP contribution is 2.28. The number of anilines is 1. The molecular formula is C20H21ClF3N3OS. The Balaban J connectivity index is 1.57. The SMILES string of the molecule is Cc1ccc(OC(F)F)c(NC(=S)N2CCN(Cc3ccc(F)cc3Cl)CC2)c1. The van der Waals surface area contributed by atoms with Crippen molar-refractivity contribution in [1.29, 1.82) is 0 Å². The number of benzene rings is 2. The minimum atomic E-state index is -2.91. The number of nitrogens with zero attached hydrogens (tertiary/aromatic N) is 2. The fourth-order valence-electron chi connectivity index (χ4n) is 3.13. The summed E-state index contributed by atoms with van der Waals surface area (Å²) in [6, 6.07) is 9.32. The fourth-order valence-corrected chi connectivity index (χ4v) is 3.65. The first-order valence-electron chi connectivity index (χ1n) is 9.09. The van der Waals surface area contributed by atoms with Crippen molar-refractivity contribution in [3.8, 4) is 5.75 Å². The Morgan fingerprint density at radius 3 is 2.55 bits per heavy atom. The van der Waals surface area contributed by atoms with Gasteiger partial charge in [-0.25, -0.2) is 4.39 Å². The number of hydrogen-bond donors (Lipinski definition) is 1. The Labute approximate surface area is 178 Å². The second kappa shape index (κ2) is 9.65. The largest absolute Gasteiger partial charge is 0.433 e. The average Bonchev–Trinajstić information content (AvgIpc) is 2.66. The first-order chi connectivity index (χ1) is 13.8. The molecule has 156 valence electrons. The second-order valence-corrected chi connectivity index (χ2v) is 7.60. The highest BCUT2D eigenvalue weighted by molar-refractivity contribution is 7.80. The van der Waals surface area contributed by atoms with Gasteiger partial charge >= 0.3 is 6.61 Å². The standard InChI is InChI=1S/C20H21ClF3N3OS/c1-13-2-5-18(28-19(23)24)17(10-13)25-20(29)27-8-6-26(7-9-27)12-14-3-4-15(22)11-16(14)21/h2-5,10-11,19H,6-9,12H2,1H3,(H,25,29). The molecule has 2 aromatic rings. The van der Waals surface area contributed by atoms with Gasteiger partial charge in [-0.1, -0.05) is 23.7 Å². The van der Waals surface area contributed by atoms with Crippen molar-refractivity contribution in [3.05, 3.63) is 58.4 Å². The zero-order valence-corrected chi connectivity index (χ0v) is 17.4. The number of piperazine rings is 1. The molecule has 0 spiro atoms. The lowest BCUT2D eigenvalue weighted by Crippen LogP contribution is -2.49. The predicted octanol–water partition coefficient (Wildman–Crippen LogP) is 4.90. The van der Waals surface area contributed by atoms with Crippen LogP contribution in [-0.2, 0) is 6.54 Å². The van der Waals surface area contributed by atoms with Crippen molar-refractivity contribution >= 4 is 34.6 Å². The van der Waals surface area contributed by atoms with Crippen LogP contribution in [0.4, 0.5) is 18.9 Å². The van der Waals surface area contributed by atoms with Gasteiger partial charge in [-0.3, -0.25) is 4.90 Å². The molecule has 3 rings (SSSR count). The summed E-state index contributed by atoms with van der Waals surface area (Å²) in [5, 5.41) is 3.89. The van der Waals surface area contributed by atoms with E-state index in [0.717, 1.165) is 24.2 Å². The van der Waals surface area contributed by atoms with Crippen LogP contribution in [0, 0.1) is 12.7 Å². The highest BCUT2D eigenvalue weighted by atomic mass is 35.5. The lowest BCUT2D eigenvalue weighted by Gasteiger charge is -2.36. The zero-order valence-electron chi connectivity index (χ0n) is 15.8. The molecule has 0 aliphatic carbocycles. The molecule has 29 heavy (non-hydrogen) atoms. The molecular weight excluding hydrogens is 423 g/mol. The van der Waals surface area contributed by atoms with Crippen LogP contribution in [-0.4, -0.2) is 47.7 Å². The first kappa shape index (κ1) is 21.7. The predicted molar refractivity (Wildman–Crippen MR) is 112 cm³/mol. The Hall–Kier alpha value is -2.03. The minimum absolute atomic E-state index is 0.0533. The van der Waals surface area contributed by atoms with E-state index in [1.54, 1.807) is 18.2 Å². The number of nitrogens with one attached hydrogen (secondary N) is 1. The van der Waals surface area contributed by atoms with E-state index >= 15 is 0 Å². The molecule has 1 aliphatic heterocycles. The quantitative estimate of drug-likeness (QED) is 0.663. The Morgan fingerprint density at radius 1 is 1.17 bits per heavy atom. The Morgan fingerprint density at radius 2 is 1.90 bits per heavy atom. The molecule has 0 aromatic heterocycles. The molecule has 1 saturated heterocycles. The third-order valence-electron chi connectivity index (χ3n) is 4.66. The first-order valence-corrected chi connectivity index (χ1v) is 9.88. The number of rotatable bonds is 5. The molecule has 1 heterocycles. The van der Waals surface area contributed by atoms with Crippen LogP contribution in [0.1, 0.15) is 11.1 Å². The molecule has 4 nitrogen and oxygen atoms in total. The van der Waals surface area contributed by atoms with Gasteiger partial charge in [0.2, 0.25) is 0 Å². The van der Waals surface area contributed by atoms with Crippen molar-refractivity contribution in [3.63, 3.8) is 0 Å². The molecule has 2 aromatic carbocycles. The maximum absolute atomic E-state index is 13.2. The van der Waals surface area contributed by atoms with Crippen LogP contribution in [0.3, 0.4) is 0 Å². The summed E-state index contributed by atoms with van der Waals surface area (Å²) < 4.78 is 43.0. The maximum atomic E-state index is 13.2. The van der Waals surface area contributed by atoms with Gasteiger partial charge in [-0.15, -0.1) is 0 Å². The highest BCUT2D eigenvalue weighted by Gasteiger charge is 2.21. The third-order valence-corrected chi connectivity index (χ3v) is 5.37. The average molecular weight is 444 g/mol.